The predicted molar refractivity (Wildman–Crippen MR) is 145 cm³/mol. The highest BCUT2D eigenvalue weighted by atomic mass is 16.5. The number of anilines is 1. The molecule has 7 heteroatoms. The maximum Gasteiger partial charge on any atom is 0.300 e. The Balaban J connectivity index is 1.73. The minimum atomic E-state index is -0.871. The number of carbonyl (C=O) groups excluding carboxylic acids is 2. The molecule has 0 saturated carbocycles. The number of rotatable bonds is 6. The van der Waals surface area contributed by atoms with Crippen LogP contribution in [0.5, 0.6) is 17.2 Å². The fraction of sp³-hybridized carbons (Fsp3) is 0.290. The van der Waals surface area contributed by atoms with Crippen molar-refractivity contribution in [2.75, 3.05) is 18.6 Å². The number of Topliss-reactive ketones (excluding diaryl/α,β-unsaturated/α-hetero) is 1. The number of aliphatic hydroxyl groups is 1. The predicted octanol–water partition coefficient (Wildman–Crippen LogP) is 5.66. The highest BCUT2D eigenvalue weighted by molar-refractivity contribution is 6.51. The second-order valence-electron chi connectivity index (χ2n) is 9.76. The Labute approximate surface area is 222 Å². The van der Waals surface area contributed by atoms with Gasteiger partial charge in [-0.1, -0.05) is 18.2 Å². The van der Waals surface area contributed by atoms with Crippen molar-refractivity contribution in [1.82, 2.24) is 0 Å². The molecule has 2 heterocycles. The molecule has 1 saturated heterocycles. The molecule has 1 N–H and O–H groups in total. The SMILES string of the molecule is CCOc1cc(C2/C(=C(\O)c3ccc4c(c3)CC(C)O4)C(=O)C(=O)N2c2cc(C)ccc2C)ccc1OC. The van der Waals surface area contributed by atoms with Gasteiger partial charge in [0.1, 0.15) is 17.6 Å². The monoisotopic (exact) mass is 513 g/mol. The Morgan fingerprint density at radius 2 is 1.84 bits per heavy atom. The number of carbonyl (C=O) groups is 2. The summed E-state index contributed by atoms with van der Waals surface area (Å²) in [6.07, 6.45) is 0.737. The van der Waals surface area contributed by atoms with Gasteiger partial charge in [-0.2, -0.15) is 0 Å². The maximum atomic E-state index is 13.6. The summed E-state index contributed by atoms with van der Waals surface area (Å²) in [5.74, 6) is 0.120. The van der Waals surface area contributed by atoms with E-state index < -0.39 is 17.7 Å². The molecule has 2 aliphatic rings. The fourth-order valence-electron chi connectivity index (χ4n) is 5.23. The van der Waals surface area contributed by atoms with E-state index in [9.17, 15) is 14.7 Å². The lowest BCUT2D eigenvalue weighted by atomic mass is 9.93. The van der Waals surface area contributed by atoms with Gasteiger partial charge in [0.25, 0.3) is 11.7 Å². The summed E-state index contributed by atoms with van der Waals surface area (Å²) >= 11 is 0. The Morgan fingerprint density at radius 1 is 1.05 bits per heavy atom. The molecule has 196 valence electrons. The molecule has 0 spiro atoms. The van der Waals surface area contributed by atoms with Crippen LogP contribution >= 0.6 is 0 Å². The minimum Gasteiger partial charge on any atom is -0.507 e. The van der Waals surface area contributed by atoms with Crippen LogP contribution in [-0.2, 0) is 16.0 Å². The number of aryl methyl sites for hydroxylation is 2. The van der Waals surface area contributed by atoms with Crippen molar-refractivity contribution in [1.29, 1.82) is 0 Å². The average Bonchev–Trinajstić information content (AvgIpc) is 3.40. The minimum absolute atomic E-state index is 0.0236. The van der Waals surface area contributed by atoms with Gasteiger partial charge in [0, 0.05) is 17.7 Å². The summed E-state index contributed by atoms with van der Waals surface area (Å²) < 4.78 is 17.1. The number of aliphatic hydroxyl groups excluding tert-OH is 1. The topological polar surface area (TPSA) is 85.3 Å². The molecule has 3 aromatic rings. The van der Waals surface area contributed by atoms with Crippen molar-refractivity contribution in [3.8, 4) is 17.2 Å². The Hall–Kier alpha value is -4.26. The lowest BCUT2D eigenvalue weighted by Crippen LogP contribution is -2.30. The number of hydrogen-bond donors (Lipinski definition) is 1. The lowest BCUT2D eigenvalue weighted by molar-refractivity contribution is -0.132. The van der Waals surface area contributed by atoms with Crippen molar-refractivity contribution < 1.29 is 28.9 Å². The van der Waals surface area contributed by atoms with Gasteiger partial charge in [0.05, 0.1) is 25.3 Å². The first-order valence-electron chi connectivity index (χ1n) is 12.7. The third-order valence-corrected chi connectivity index (χ3v) is 7.04. The van der Waals surface area contributed by atoms with Gasteiger partial charge in [0.15, 0.2) is 11.5 Å². The largest absolute Gasteiger partial charge is 0.507 e. The van der Waals surface area contributed by atoms with Crippen molar-refractivity contribution in [2.24, 2.45) is 0 Å². The van der Waals surface area contributed by atoms with Crippen LogP contribution in [-0.4, -0.2) is 36.6 Å². The number of amides is 1. The van der Waals surface area contributed by atoms with Gasteiger partial charge in [-0.15, -0.1) is 0 Å². The molecule has 0 bridgehead atoms. The third-order valence-electron chi connectivity index (χ3n) is 7.04. The zero-order valence-electron chi connectivity index (χ0n) is 22.2. The Morgan fingerprint density at radius 3 is 2.58 bits per heavy atom. The average molecular weight is 514 g/mol. The van der Waals surface area contributed by atoms with Gasteiger partial charge in [-0.3, -0.25) is 14.5 Å². The molecule has 3 aromatic carbocycles. The molecule has 2 atom stereocenters. The molecule has 7 nitrogen and oxygen atoms in total. The summed E-state index contributed by atoms with van der Waals surface area (Å²) in [6, 6.07) is 15.5. The number of ether oxygens (including phenoxy) is 3. The van der Waals surface area contributed by atoms with Gasteiger partial charge >= 0.3 is 0 Å². The molecule has 2 aliphatic heterocycles. The highest BCUT2D eigenvalue weighted by Gasteiger charge is 2.47. The first-order valence-corrected chi connectivity index (χ1v) is 12.7. The van der Waals surface area contributed by atoms with Crippen molar-refractivity contribution in [2.45, 2.75) is 46.3 Å². The smallest absolute Gasteiger partial charge is 0.300 e. The molecule has 38 heavy (non-hydrogen) atoms. The first kappa shape index (κ1) is 25.4. The van der Waals surface area contributed by atoms with E-state index in [-0.39, 0.29) is 17.4 Å². The van der Waals surface area contributed by atoms with Crippen LogP contribution in [0.1, 0.15) is 47.7 Å². The van der Waals surface area contributed by atoms with Crippen molar-refractivity contribution in [3.63, 3.8) is 0 Å². The van der Waals surface area contributed by atoms with Gasteiger partial charge in [-0.05, 0) is 86.3 Å². The number of nitrogens with zero attached hydrogens (tertiary/aromatic N) is 1. The van der Waals surface area contributed by atoms with E-state index in [0.29, 0.717) is 41.3 Å². The van der Waals surface area contributed by atoms with Crippen LogP contribution in [0.15, 0.2) is 60.2 Å². The zero-order chi connectivity index (χ0) is 27.1. The van der Waals surface area contributed by atoms with Crippen LogP contribution in [0.3, 0.4) is 0 Å². The van der Waals surface area contributed by atoms with E-state index in [1.54, 1.807) is 37.4 Å². The molecule has 1 fully saturated rings. The van der Waals surface area contributed by atoms with Gasteiger partial charge in [0.2, 0.25) is 0 Å². The van der Waals surface area contributed by atoms with Crippen LogP contribution in [0.2, 0.25) is 0 Å². The quantitative estimate of drug-likeness (QED) is 0.260. The summed E-state index contributed by atoms with van der Waals surface area (Å²) in [7, 11) is 1.55. The number of ketones is 1. The van der Waals surface area contributed by atoms with E-state index in [0.717, 1.165) is 22.4 Å². The third kappa shape index (κ3) is 4.28. The second-order valence-corrected chi connectivity index (χ2v) is 9.76. The summed E-state index contributed by atoms with van der Waals surface area (Å²) in [5.41, 5.74) is 4.45. The first-order chi connectivity index (χ1) is 18.2. The van der Waals surface area contributed by atoms with Crippen LogP contribution in [0, 0.1) is 13.8 Å². The van der Waals surface area contributed by atoms with Crippen molar-refractivity contribution in [3.05, 3.63) is 88.0 Å². The standard InChI is InChI=1S/C31H31NO6/c1-6-37-26-16-20(9-12-25(26)36-5)28-27(29(33)21-10-11-24-22(15-21)14-19(4)38-24)30(34)31(35)32(28)23-13-17(2)7-8-18(23)3/h7-13,15-16,19,28,33H,6,14H2,1-5H3/b29-27+. The fourth-order valence-corrected chi connectivity index (χ4v) is 5.23. The summed E-state index contributed by atoms with van der Waals surface area (Å²) in [5, 5.41) is 11.6. The number of fused-ring (bicyclic) bond motifs is 1. The molecular weight excluding hydrogens is 482 g/mol. The van der Waals surface area contributed by atoms with Gasteiger partial charge < -0.3 is 19.3 Å². The van der Waals surface area contributed by atoms with E-state index in [1.807, 2.05) is 52.0 Å². The molecule has 2 unspecified atom stereocenters. The van der Waals surface area contributed by atoms with Crippen LogP contribution in [0.25, 0.3) is 5.76 Å². The summed E-state index contributed by atoms with van der Waals surface area (Å²) in [6.45, 7) is 8.09. The van der Waals surface area contributed by atoms with Crippen molar-refractivity contribution >= 4 is 23.1 Å². The zero-order valence-corrected chi connectivity index (χ0v) is 22.2. The molecule has 0 radical (unpaired) electrons. The Kier molecular flexibility index (Phi) is 6.61. The van der Waals surface area contributed by atoms with E-state index >= 15 is 0 Å². The number of methoxy groups -OCH3 is 1. The van der Waals surface area contributed by atoms with Gasteiger partial charge in [-0.25, -0.2) is 0 Å². The number of hydrogen-bond acceptors (Lipinski definition) is 6. The maximum absolute atomic E-state index is 13.6. The second kappa shape index (κ2) is 9.89. The van der Waals surface area contributed by atoms with Crippen LogP contribution < -0.4 is 19.1 Å². The molecule has 0 aromatic heterocycles. The van der Waals surface area contributed by atoms with E-state index in [4.69, 9.17) is 14.2 Å². The molecule has 0 aliphatic carbocycles. The van der Waals surface area contributed by atoms with E-state index in [1.165, 1.54) is 4.90 Å². The lowest BCUT2D eigenvalue weighted by Gasteiger charge is -2.27. The molecule has 1 amide bonds. The Bertz CT molecular complexity index is 1470. The summed E-state index contributed by atoms with van der Waals surface area (Å²) in [4.78, 5) is 28.7. The number of benzene rings is 3. The van der Waals surface area contributed by atoms with Crippen LogP contribution in [0.4, 0.5) is 5.69 Å². The molecular formula is C31H31NO6. The highest BCUT2D eigenvalue weighted by Crippen LogP contribution is 2.45. The molecule has 5 rings (SSSR count). The normalized spacial score (nSPS) is 19.9. The van der Waals surface area contributed by atoms with E-state index in [2.05, 4.69) is 0 Å².